The summed E-state index contributed by atoms with van der Waals surface area (Å²) in [6.45, 7) is 5.56. The summed E-state index contributed by atoms with van der Waals surface area (Å²) in [7, 11) is 0. The summed E-state index contributed by atoms with van der Waals surface area (Å²) in [6, 6.07) is 8.24. The molecule has 0 amide bonds. The average molecular weight is 340 g/mol. The van der Waals surface area contributed by atoms with E-state index in [1.165, 1.54) is 5.56 Å². The number of aromatic nitrogens is 2. The molecule has 1 unspecified atom stereocenters. The fraction of sp³-hybridized carbons (Fsp3) is 0.368. The molecule has 0 saturated carbocycles. The lowest BCUT2D eigenvalue weighted by Crippen LogP contribution is -2.16. The first-order valence-corrected chi connectivity index (χ1v) is 9.10. The van der Waals surface area contributed by atoms with Crippen LogP contribution in [0.5, 0.6) is 5.75 Å². The second kappa shape index (κ2) is 6.49. The smallest absolute Gasteiger partial charge is 0.145 e. The van der Waals surface area contributed by atoms with Crippen LogP contribution in [0.2, 0.25) is 0 Å². The van der Waals surface area contributed by atoms with E-state index in [4.69, 9.17) is 14.5 Å². The van der Waals surface area contributed by atoms with Gasteiger partial charge < -0.3 is 9.47 Å². The third kappa shape index (κ3) is 3.01. The van der Waals surface area contributed by atoms with Crippen molar-refractivity contribution in [1.82, 2.24) is 9.97 Å². The van der Waals surface area contributed by atoms with Crippen LogP contribution in [0.4, 0.5) is 0 Å². The number of hydrogen-bond donors (Lipinski definition) is 0. The first-order valence-electron chi connectivity index (χ1n) is 8.28. The Morgan fingerprint density at radius 1 is 1.33 bits per heavy atom. The maximum atomic E-state index is 6.05. The van der Waals surface area contributed by atoms with Crippen molar-refractivity contribution in [3.8, 4) is 16.3 Å². The van der Waals surface area contributed by atoms with Gasteiger partial charge in [-0.05, 0) is 44.4 Å². The van der Waals surface area contributed by atoms with Crippen molar-refractivity contribution in [3.05, 3.63) is 41.0 Å². The number of fused-ring (bicyclic) bond motifs is 1. The molecule has 1 aromatic carbocycles. The second-order valence-corrected chi connectivity index (χ2v) is 7.40. The minimum atomic E-state index is 0.202. The maximum Gasteiger partial charge on any atom is 0.145 e. The van der Waals surface area contributed by atoms with Crippen molar-refractivity contribution >= 4 is 22.2 Å². The zero-order valence-corrected chi connectivity index (χ0v) is 14.7. The largest absolute Gasteiger partial charge is 0.489 e. The quantitative estimate of drug-likeness (QED) is 0.700. The predicted octanol–water partition coefficient (Wildman–Crippen LogP) is 4.53. The molecule has 5 heteroatoms. The van der Waals surface area contributed by atoms with Gasteiger partial charge >= 0.3 is 0 Å². The Hall–Kier alpha value is -1.98. The van der Waals surface area contributed by atoms with Gasteiger partial charge in [-0.3, -0.25) is 0 Å². The van der Waals surface area contributed by atoms with E-state index in [2.05, 4.69) is 24.0 Å². The Kier molecular flexibility index (Phi) is 4.21. The number of nitrogens with zero attached hydrogens (tertiary/aromatic N) is 2. The number of benzene rings is 1. The van der Waals surface area contributed by atoms with Gasteiger partial charge in [-0.25, -0.2) is 9.97 Å². The highest BCUT2D eigenvalue weighted by Crippen LogP contribution is 2.32. The topological polar surface area (TPSA) is 44.2 Å². The number of para-hydroxylation sites is 1. The summed E-state index contributed by atoms with van der Waals surface area (Å²) in [5, 5.41) is 2.18. The van der Waals surface area contributed by atoms with Gasteiger partial charge in [0.2, 0.25) is 0 Å². The number of thiazole rings is 1. The van der Waals surface area contributed by atoms with Gasteiger partial charge in [0.1, 0.15) is 17.9 Å². The van der Waals surface area contributed by atoms with E-state index in [9.17, 15) is 0 Å². The SMILES string of the molecule is Cc1ncc(-c2cc(C)c3cccc(OCC4CCCO4)c3n2)s1. The molecule has 124 valence electrons. The molecule has 0 aliphatic carbocycles. The minimum Gasteiger partial charge on any atom is -0.489 e. The molecule has 0 bridgehead atoms. The van der Waals surface area contributed by atoms with Crippen LogP contribution in [0.3, 0.4) is 0 Å². The van der Waals surface area contributed by atoms with E-state index in [-0.39, 0.29) is 6.10 Å². The highest BCUT2D eigenvalue weighted by atomic mass is 32.1. The van der Waals surface area contributed by atoms with E-state index in [1.807, 2.05) is 25.3 Å². The fourth-order valence-corrected chi connectivity index (χ4v) is 3.81. The Morgan fingerprint density at radius 2 is 2.25 bits per heavy atom. The third-order valence-electron chi connectivity index (χ3n) is 4.33. The van der Waals surface area contributed by atoms with Gasteiger partial charge in [0.05, 0.1) is 21.7 Å². The molecule has 2 aromatic heterocycles. The van der Waals surface area contributed by atoms with Crippen molar-refractivity contribution in [2.24, 2.45) is 0 Å². The second-order valence-electron chi connectivity index (χ2n) is 6.17. The maximum absolute atomic E-state index is 6.05. The summed E-state index contributed by atoms with van der Waals surface area (Å²) < 4.78 is 11.7. The van der Waals surface area contributed by atoms with E-state index < -0.39 is 0 Å². The molecule has 24 heavy (non-hydrogen) atoms. The van der Waals surface area contributed by atoms with Gasteiger partial charge in [0, 0.05) is 18.2 Å². The molecule has 0 N–H and O–H groups in total. The molecule has 3 aromatic rings. The zero-order chi connectivity index (χ0) is 16.5. The molecule has 1 fully saturated rings. The van der Waals surface area contributed by atoms with Crippen molar-refractivity contribution in [2.75, 3.05) is 13.2 Å². The van der Waals surface area contributed by atoms with Gasteiger partial charge in [-0.1, -0.05) is 12.1 Å². The summed E-state index contributed by atoms with van der Waals surface area (Å²) in [5.41, 5.74) is 3.07. The summed E-state index contributed by atoms with van der Waals surface area (Å²) in [6.07, 6.45) is 4.29. The Morgan fingerprint density at radius 3 is 3.00 bits per heavy atom. The van der Waals surface area contributed by atoms with Crippen LogP contribution in [0.25, 0.3) is 21.5 Å². The molecule has 3 heterocycles. The average Bonchev–Trinajstić information content (AvgIpc) is 3.24. The normalized spacial score (nSPS) is 17.5. The summed E-state index contributed by atoms with van der Waals surface area (Å²) in [4.78, 5) is 10.3. The van der Waals surface area contributed by atoms with Crippen LogP contribution in [0.1, 0.15) is 23.4 Å². The standard InChI is InChI=1S/C19H20N2O2S/c1-12-9-16(18-10-20-13(2)24-18)21-19-15(12)6-3-7-17(19)23-11-14-5-4-8-22-14/h3,6-7,9-10,14H,4-5,8,11H2,1-2H3. The number of ether oxygens (including phenoxy) is 2. The van der Waals surface area contributed by atoms with E-state index in [1.54, 1.807) is 11.3 Å². The van der Waals surface area contributed by atoms with Gasteiger partial charge in [-0.15, -0.1) is 11.3 Å². The summed E-state index contributed by atoms with van der Waals surface area (Å²) in [5.74, 6) is 0.828. The van der Waals surface area contributed by atoms with Crippen molar-refractivity contribution in [3.63, 3.8) is 0 Å². The molecule has 1 saturated heterocycles. The van der Waals surface area contributed by atoms with Gasteiger partial charge in [-0.2, -0.15) is 0 Å². The number of pyridine rings is 1. The monoisotopic (exact) mass is 340 g/mol. The number of hydrogen-bond acceptors (Lipinski definition) is 5. The van der Waals surface area contributed by atoms with E-state index >= 15 is 0 Å². The van der Waals surface area contributed by atoms with E-state index in [0.717, 1.165) is 51.7 Å². The fourth-order valence-electron chi connectivity index (χ4n) is 3.07. The van der Waals surface area contributed by atoms with Crippen molar-refractivity contribution in [2.45, 2.75) is 32.8 Å². The van der Waals surface area contributed by atoms with Crippen molar-refractivity contribution in [1.29, 1.82) is 0 Å². The van der Waals surface area contributed by atoms with E-state index in [0.29, 0.717) is 6.61 Å². The predicted molar refractivity (Wildman–Crippen MR) is 96.8 cm³/mol. The van der Waals surface area contributed by atoms with Crippen LogP contribution in [0, 0.1) is 13.8 Å². The Bertz CT molecular complexity index is 869. The lowest BCUT2D eigenvalue weighted by Gasteiger charge is -2.14. The third-order valence-corrected chi connectivity index (χ3v) is 5.27. The molecular formula is C19H20N2O2S. The van der Waals surface area contributed by atoms with Crippen LogP contribution < -0.4 is 4.74 Å². The first-order chi connectivity index (χ1) is 11.7. The Balaban J connectivity index is 1.72. The van der Waals surface area contributed by atoms with Gasteiger partial charge in [0.15, 0.2) is 0 Å². The molecule has 0 spiro atoms. The molecule has 0 radical (unpaired) electrons. The number of rotatable bonds is 4. The molecule has 1 atom stereocenters. The molecule has 1 aliphatic rings. The molecule has 4 nitrogen and oxygen atoms in total. The van der Waals surface area contributed by atoms with Gasteiger partial charge in [0.25, 0.3) is 0 Å². The Labute approximate surface area is 145 Å². The zero-order valence-electron chi connectivity index (χ0n) is 13.9. The first kappa shape index (κ1) is 15.5. The van der Waals surface area contributed by atoms with Crippen LogP contribution >= 0.6 is 11.3 Å². The molecule has 1 aliphatic heterocycles. The van der Waals surface area contributed by atoms with Crippen LogP contribution in [-0.2, 0) is 4.74 Å². The molecular weight excluding hydrogens is 320 g/mol. The lowest BCUT2D eigenvalue weighted by atomic mass is 10.1. The van der Waals surface area contributed by atoms with Crippen LogP contribution in [-0.4, -0.2) is 29.3 Å². The lowest BCUT2D eigenvalue weighted by molar-refractivity contribution is 0.0684. The molecule has 4 rings (SSSR count). The number of aryl methyl sites for hydroxylation is 2. The van der Waals surface area contributed by atoms with Crippen LogP contribution in [0.15, 0.2) is 30.5 Å². The van der Waals surface area contributed by atoms with Crippen molar-refractivity contribution < 1.29 is 9.47 Å². The summed E-state index contributed by atoms with van der Waals surface area (Å²) >= 11 is 1.66. The highest BCUT2D eigenvalue weighted by Gasteiger charge is 2.17. The highest BCUT2D eigenvalue weighted by molar-refractivity contribution is 7.15. The minimum absolute atomic E-state index is 0.202.